The van der Waals surface area contributed by atoms with Gasteiger partial charge in [-0.1, -0.05) is 62.7 Å². The topological polar surface area (TPSA) is 72.7 Å². The molecule has 0 aliphatic heterocycles. The third-order valence-corrected chi connectivity index (χ3v) is 5.90. The first kappa shape index (κ1) is 19.9. The van der Waals surface area contributed by atoms with Crippen molar-refractivity contribution in [2.75, 3.05) is 5.75 Å². The molecule has 1 atom stereocenters. The maximum Gasteiger partial charge on any atom is 0.230 e. The molecule has 146 valence electrons. The second-order valence-corrected chi connectivity index (χ2v) is 8.70. The van der Waals surface area contributed by atoms with Crippen molar-refractivity contribution in [2.45, 2.75) is 70.1 Å². The number of hydrogen-bond donors (Lipinski definition) is 1. The van der Waals surface area contributed by atoms with Gasteiger partial charge in [-0.25, -0.2) is 4.68 Å². The molecule has 1 aliphatic rings. The molecule has 0 bridgehead atoms. The number of carbonyl (C=O) groups is 1. The van der Waals surface area contributed by atoms with E-state index in [0.717, 1.165) is 30.0 Å². The summed E-state index contributed by atoms with van der Waals surface area (Å²) in [4.78, 5) is 12.4. The van der Waals surface area contributed by atoms with Gasteiger partial charge in [0.05, 0.1) is 17.8 Å². The molecule has 6 nitrogen and oxygen atoms in total. The summed E-state index contributed by atoms with van der Waals surface area (Å²) in [5.74, 6) is 0.966. The highest BCUT2D eigenvalue weighted by Gasteiger charge is 2.22. The summed E-state index contributed by atoms with van der Waals surface area (Å²) in [7, 11) is 0. The Bertz CT molecular complexity index is 737. The van der Waals surface area contributed by atoms with Crippen LogP contribution in [-0.2, 0) is 11.2 Å². The van der Waals surface area contributed by atoms with E-state index in [1.54, 1.807) is 0 Å². The van der Waals surface area contributed by atoms with Crippen LogP contribution in [0, 0.1) is 5.92 Å². The summed E-state index contributed by atoms with van der Waals surface area (Å²) >= 11 is 1.41. The summed E-state index contributed by atoms with van der Waals surface area (Å²) in [5, 5.41) is 15.8. The number of benzene rings is 1. The van der Waals surface area contributed by atoms with Gasteiger partial charge in [0, 0.05) is 0 Å². The maximum atomic E-state index is 12.4. The number of amides is 1. The smallest absolute Gasteiger partial charge is 0.230 e. The average molecular weight is 388 g/mol. The minimum atomic E-state index is -0.0166. The first-order chi connectivity index (χ1) is 13.0. The van der Waals surface area contributed by atoms with Gasteiger partial charge in [-0.15, -0.1) is 5.10 Å². The van der Waals surface area contributed by atoms with Crippen LogP contribution in [-0.4, -0.2) is 31.9 Å². The normalized spacial score (nSPS) is 16.0. The number of nitrogens with zero attached hydrogens (tertiary/aromatic N) is 4. The van der Waals surface area contributed by atoms with Crippen LogP contribution < -0.4 is 5.32 Å². The molecule has 1 saturated carbocycles. The van der Waals surface area contributed by atoms with Crippen molar-refractivity contribution in [2.24, 2.45) is 5.92 Å². The van der Waals surface area contributed by atoms with Gasteiger partial charge >= 0.3 is 0 Å². The highest BCUT2D eigenvalue weighted by molar-refractivity contribution is 7.99. The minimum Gasteiger partial charge on any atom is -0.349 e. The van der Waals surface area contributed by atoms with Crippen molar-refractivity contribution in [1.29, 1.82) is 0 Å². The largest absolute Gasteiger partial charge is 0.349 e. The Morgan fingerprint density at radius 2 is 1.93 bits per heavy atom. The Morgan fingerprint density at radius 3 is 2.59 bits per heavy atom. The Labute approximate surface area is 165 Å². The molecule has 0 saturated heterocycles. The Balaban J connectivity index is 1.50. The standard InChI is InChI=1S/C20H29N5OS/c1-14(2)12-16-8-10-17(11-9-16)15(3)21-19(26)13-27-20-22-23-24-25(20)18-6-4-5-7-18/h8-11,14-15,18H,4-7,12-13H2,1-3H3,(H,21,26). The monoisotopic (exact) mass is 387 g/mol. The summed E-state index contributed by atoms with van der Waals surface area (Å²) < 4.78 is 1.89. The van der Waals surface area contributed by atoms with Gasteiger partial charge in [0.25, 0.3) is 0 Å². The van der Waals surface area contributed by atoms with E-state index in [4.69, 9.17) is 0 Å². The molecule has 1 aromatic carbocycles. The number of aromatic nitrogens is 4. The third-order valence-electron chi connectivity index (χ3n) is 4.97. The third kappa shape index (κ3) is 5.54. The molecule has 1 heterocycles. The van der Waals surface area contributed by atoms with Crippen molar-refractivity contribution >= 4 is 17.7 Å². The fourth-order valence-corrected chi connectivity index (χ4v) is 4.32. The van der Waals surface area contributed by atoms with Gasteiger partial charge in [0.2, 0.25) is 11.1 Å². The molecule has 2 aromatic rings. The molecule has 1 aromatic heterocycles. The van der Waals surface area contributed by atoms with E-state index in [1.807, 2.05) is 11.6 Å². The quantitative estimate of drug-likeness (QED) is 0.694. The van der Waals surface area contributed by atoms with E-state index in [-0.39, 0.29) is 11.9 Å². The van der Waals surface area contributed by atoms with Crippen LogP contribution in [0.4, 0.5) is 0 Å². The Morgan fingerprint density at radius 1 is 1.22 bits per heavy atom. The van der Waals surface area contributed by atoms with Crippen molar-refractivity contribution in [3.8, 4) is 0 Å². The van der Waals surface area contributed by atoms with Crippen molar-refractivity contribution in [1.82, 2.24) is 25.5 Å². The molecule has 1 unspecified atom stereocenters. The highest BCUT2D eigenvalue weighted by atomic mass is 32.2. The molecule has 1 amide bonds. The van der Waals surface area contributed by atoms with Gasteiger partial charge in [-0.05, 0) is 53.7 Å². The zero-order valence-corrected chi connectivity index (χ0v) is 17.2. The van der Waals surface area contributed by atoms with E-state index in [2.05, 4.69) is 59.0 Å². The molecule has 0 spiro atoms. The Hall–Kier alpha value is -1.89. The molecular formula is C20H29N5OS. The molecule has 27 heavy (non-hydrogen) atoms. The molecule has 1 fully saturated rings. The second-order valence-electron chi connectivity index (χ2n) is 7.76. The van der Waals surface area contributed by atoms with Crippen LogP contribution in [0.1, 0.15) is 69.7 Å². The maximum absolute atomic E-state index is 12.4. The van der Waals surface area contributed by atoms with Gasteiger partial charge < -0.3 is 5.32 Å². The fraction of sp³-hybridized carbons (Fsp3) is 0.600. The number of nitrogens with one attached hydrogen (secondary N) is 1. The van der Waals surface area contributed by atoms with E-state index in [9.17, 15) is 4.79 Å². The van der Waals surface area contributed by atoms with Crippen LogP contribution in [0.15, 0.2) is 29.4 Å². The van der Waals surface area contributed by atoms with Gasteiger partial charge in [-0.2, -0.15) is 0 Å². The van der Waals surface area contributed by atoms with E-state index in [0.29, 0.717) is 17.7 Å². The van der Waals surface area contributed by atoms with Crippen molar-refractivity contribution < 1.29 is 4.79 Å². The molecule has 1 aliphatic carbocycles. The molecule has 3 rings (SSSR count). The lowest BCUT2D eigenvalue weighted by Gasteiger charge is -2.15. The summed E-state index contributed by atoms with van der Waals surface area (Å²) in [6, 6.07) is 8.89. The number of tetrazole rings is 1. The van der Waals surface area contributed by atoms with Gasteiger partial charge in [-0.3, -0.25) is 4.79 Å². The van der Waals surface area contributed by atoms with Crippen LogP contribution in [0.25, 0.3) is 0 Å². The summed E-state index contributed by atoms with van der Waals surface area (Å²) in [5.41, 5.74) is 2.46. The van der Waals surface area contributed by atoms with Crippen molar-refractivity contribution in [3.05, 3.63) is 35.4 Å². The lowest BCUT2D eigenvalue weighted by Crippen LogP contribution is -2.28. The predicted octanol–water partition coefficient (Wildman–Crippen LogP) is 3.96. The van der Waals surface area contributed by atoms with E-state index in [1.165, 1.54) is 30.2 Å². The second kappa shape index (κ2) is 9.35. The Kier molecular flexibility index (Phi) is 6.88. The van der Waals surface area contributed by atoms with Crippen LogP contribution in [0.2, 0.25) is 0 Å². The van der Waals surface area contributed by atoms with E-state index >= 15 is 0 Å². The van der Waals surface area contributed by atoms with Crippen LogP contribution >= 0.6 is 11.8 Å². The SMILES string of the molecule is CC(C)Cc1ccc(C(C)NC(=O)CSc2nnnn2C2CCCC2)cc1. The van der Waals surface area contributed by atoms with Gasteiger partial charge in [0.15, 0.2) is 0 Å². The summed E-state index contributed by atoms with van der Waals surface area (Å²) in [6.45, 7) is 6.46. The highest BCUT2D eigenvalue weighted by Crippen LogP contribution is 2.31. The zero-order chi connectivity index (χ0) is 19.2. The minimum absolute atomic E-state index is 0.000251. The fourth-order valence-electron chi connectivity index (χ4n) is 3.57. The van der Waals surface area contributed by atoms with Crippen LogP contribution in [0.3, 0.4) is 0 Å². The molecule has 1 N–H and O–H groups in total. The zero-order valence-electron chi connectivity index (χ0n) is 16.4. The first-order valence-electron chi connectivity index (χ1n) is 9.81. The molecule has 7 heteroatoms. The van der Waals surface area contributed by atoms with Crippen LogP contribution in [0.5, 0.6) is 0 Å². The number of rotatable bonds is 8. The van der Waals surface area contributed by atoms with Gasteiger partial charge in [0.1, 0.15) is 0 Å². The van der Waals surface area contributed by atoms with E-state index < -0.39 is 0 Å². The number of hydrogen-bond acceptors (Lipinski definition) is 5. The number of carbonyl (C=O) groups excluding carboxylic acids is 1. The summed E-state index contributed by atoms with van der Waals surface area (Å²) in [6.07, 6.45) is 5.77. The average Bonchev–Trinajstić information content (AvgIpc) is 3.31. The lowest BCUT2D eigenvalue weighted by molar-refractivity contribution is -0.119. The lowest BCUT2D eigenvalue weighted by atomic mass is 10.00. The molecule has 0 radical (unpaired) electrons. The van der Waals surface area contributed by atoms with Crippen molar-refractivity contribution in [3.63, 3.8) is 0 Å². The predicted molar refractivity (Wildman–Crippen MR) is 108 cm³/mol. The molecular weight excluding hydrogens is 358 g/mol. The number of thioether (sulfide) groups is 1. The first-order valence-corrected chi connectivity index (χ1v) is 10.8.